The average molecular weight is 423 g/mol. The highest BCUT2D eigenvalue weighted by atomic mass is 32.1. The molecule has 5 nitrogen and oxygen atoms in total. The number of nitrogens with one attached hydrogen (secondary N) is 2. The van der Waals surface area contributed by atoms with Gasteiger partial charge in [0, 0.05) is 22.3 Å². The third kappa shape index (κ3) is 4.39. The van der Waals surface area contributed by atoms with Crippen LogP contribution in [0.25, 0.3) is 11.0 Å². The molecular formula is C20H20F3N3O2S. The lowest BCUT2D eigenvalue weighted by atomic mass is 10.2. The Morgan fingerprint density at radius 1 is 1.41 bits per heavy atom. The van der Waals surface area contributed by atoms with Crippen LogP contribution in [0, 0.1) is 12.8 Å². The highest BCUT2D eigenvalue weighted by Gasteiger charge is 2.46. The zero-order valence-electron chi connectivity index (χ0n) is 15.8. The number of aromatic nitrogens is 2. The first-order valence-electron chi connectivity index (χ1n) is 9.26. The zero-order chi connectivity index (χ0) is 20.8. The quantitative estimate of drug-likeness (QED) is 0.595. The number of hydrogen-bond acceptors (Lipinski definition) is 4. The average Bonchev–Trinajstić information content (AvgIpc) is 3.20. The summed E-state index contributed by atoms with van der Waals surface area (Å²) in [6.07, 6.45) is -3.66. The third-order valence-electron chi connectivity index (χ3n) is 4.93. The molecule has 2 aromatic heterocycles. The van der Waals surface area contributed by atoms with Crippen molar-refractivity contribution < 1.29 is 22.7 Å². The summed E-state index contributed by atoms with van der Waals surface area (Å²) in [5.74, 6) is 0.644. The number of amides is 1. The summed E-state index contributed by atoms with van der Waals surface area (Å²) >= 11 is 1.13. The Kier molecular flexibility index (Phi) is 5.02. The van der Waals surface area contributed by atoms with Gasteiger partial charge in [0.15, 0.2) is 11.7 Å². The molecule has 3 atom stereocenters. The summed E-state index contributed by atoms with van der Waals surface area (Å²) in [5.41, 5.74) is 2.45. The molecule has 0 radical (unpaired) electrons. The van der Waals surface area contributed by atoms with Crippen molar-refractivity contribution in [3.63, 3.8) is 0 Å². The van der Waals surface area contributed by atoms with Crippen LogP contribution in [0.1, 0.15) is 41.6 Å². The van der Waals surface area contributed by atoms with Crippen molar-refractivity contribution >= 4 is 28.3 Å². The number of aryl methyl sites for hydroxylation is 1. The van der Waals surface area contributed by atoms with Crippen molar-refractivity contribution in [2.75, 3.05) is 6.61 Å². The van der Waals surface area contributed by atoms with E-state index in [1.807, 2.05) is 31.2 Å². The summed E-state index contributed by atoms with van der Waals surface area (Å²) in [7, 11) is 0. The molecule has 3 aromatic rings. The smallest absolute Gasteiger partial charge is 0.422 e. The second-order valence-corrected chi connectivity index (χ2v) is 8.39. The zero-order valence-corrected chi connectivity index (χ0v) is 16.7. The summed E-state index contributed by atoms with van der Waals surface area (Å²) in [4.78, 5) is 21.2. The van der Waals surface area contributed by atoms with Crippen LogP contribution in [0.5, 0.6) is 5.06 Å². The van der Waals surface area contributed by atoms with Crippen LogP contribution in [0.2, 0.25) is 0 Å². The van der Waals surface area contributed by atoms with Crippen LogP contribution in [0.4, 0.5) is 13.2 Å². The molecule has 1 saturated carbocycles. The second kappa shape index (κ2) is 7.37. The van der Waals surface area contributed by atoms with Crippen molar-refractivity contribution in [3.8, 4) is 5.06 Å². The van der Waals surface area contributed by atoms with E-state index in [9.17, 15) is 18.0 Å². The minimum atomic E-state index is -4.38. The summed E-state index contributed by atoms with van der Waals surface area (Å²) in [5, 5.41) is 3.18. The topological polar surface area (TPSA) is 67.0 Å². The van der Waals surface area contributed by atoms with Gasteiger partial charge >= 0.3 is 6.18 Å². The predicted molar refractivity (Wildman–Crippen MR) is 104 cm³/mol. The van der Waals surface area contributed by atoms with Gasteiger partial charge in [-0.3, -0.25) is 4.79 Å². The minimum Gasteiger partial charge on any atom is -0.474 e. The van der Waals surface area contributed by atoms with Gasteiger partial charge in [0.05, 0.1) is 17.1 Å². The molecule has 0 spiro atoms. The van der Waals surface area contributed by atoms with E-state index in [-0.39, 0.29) is 28.8 Å². The molecule has 1 fully saturated rings. The summed E-state index contributed by atoms with van der Waals surface area (Å²) in [6.45, 7) is 2.18. The fourth-order valence-corrected chi connectivity index (χ4v) is 4.34. The van der Waals surface area contributed by atoms with E-state index in [1.54, 1.807) is 13.0 Å². The minimum absolute atomic E-state index is 0.0605. The molecule has 2 unspecified atom stereocenters. The standard InChI is InChI=1S/C20H20F3N3O2S/c1-10-7-16(29-19(10)28-9-20(21,22)23)11(2)24-18(27)13-8-12(13)17-25-14-5-3-4-6-15(14)26-17/h3-7,11-13H,8-9H2,1-2H3,(H,24,27)(H,25,26)/t11-,12?,13?/m1/s1. The molecule has 29 heavy (non-hydrogen) atoms. The predicted octanol–water partition coefficient (Wildman–Crippen LogP) is 4.85. The highest BCUT2D eigenvalue weighted by Crippen LogP contribution is 2.47. The van der Waals surface area contributed by atoms with E-state index in [2.05, 4.69) is 15.3 Å². The van der Waals surface area contributed by atoms with Crippen LogP contribution in [0.3, 0.4) is 0 Å². The Hall–Kier alpha value is -2.55. The van der Waals surface area contributed by atoms with Crippen LogP contribution in [0.15, 0.2) is 30.3 Å². The second-order valence-electron chi connectivity index (χ2n) is 7.34. The van der Waals surface area contributed by atoms with Crippen molar-refractivity contribution in [1.29, 1.82) is 0 Å². The summed E-state index contributed by atoms with van der Waals surface area (Å²) in [6, 6.07) is 9.16. The van der Waals surface area contributed by atoms with Gasteiger partial charge in [-0.05, 0) is 38.5 Å². The van der Waals surface area contributed by atoms with E-state index < -0.39 is 12.8 Å². The van der Waals surface area contributed by atoms with Crippen LogP contribution >= 0.6 is 11.3 Å². The van der Waals surface area contributed by atoms with Crippen LogP contribution in [-0.4, -0.2) is 28.7 Å². The number of ether oxygens (including phenoxy) is 1. The first-order chi connectivity index (χ1) is 13.7. The van der Waals surface area contributed by atoms with Crippen LogP contribution in [-0.2, 0) is 4.79 Å². The molecule has 1 aliphatic carbocycles. The number of nitrogens with zero attached hydrogens (tertiary/aromatic N) is 1. The summed E-state index contributed by atoms with van der Waals surface area (Å²) < 4.78 is 42.0. The van der Waals surface area contributed by atoms with Crippen molar-refractivity contribution in [1.82, 2.24) is 15.3 Å². The van der Waals surface area contributed by atoms with Gasteiger partial charge in [-0.2, -0.15) is 13.2 Å². The fourth-order valence-electron chi connectivity index (χ4n) is 3.32. The number of benzene rings is 1. The molecule has 0 aliphatic heterocycles. The van der Waals surface area contributed by atoms with E-state index in [0.717, 1.165) is 39.5 Å². The fraction of sp³-hybridized carbons (Fsp3) is 0.400. The normalized spacial score (nSPS) is 19.9. The lowest BCUT2D eigenvalue weighted by molar-refractivity contribution is -0.153. The van der Waals surface area contributed by atoms with Crippen LogP contribution < -0.4 is 10.1 Å². The number of thiophene rings is 1. The molecule has 0 bridgehead atoms. The maximum atomic E-state index is 12.6. The van der Waals surface area contributed by atoms with Crippen molar-refractivity contribution in [3.05, 3.63) is 46.6 Å². The molecule has 0 saturated heterocycles. The first kappa shape index (κ1) is 19.8. The lowest BCUT2D eigenvalue weighted by Gasteiger charge is -2.12. The van der Waals surface area contributed by atoms with E-state index >= 15 is 0 Å². The number of alkyl halides is 3. The first-order valence-corrected chi connectivity index (χ1v) is 10.1. The Morgan fingerprint density at radius 3 is 2.90 bits per heavy atom. The van der Waals surface area contributed by atoms with Gasteiger partial charge in [-0.15, -0.1) is 11.3 Å². The Morgan fingerprint density at radius 2 is 2.17 bits per heavy atom. The van der Waals surface area contributed by atoms with Crippen molar-refractivity contribution in [2.24, 2.45) is 5.92 Å². The number of carbonyl (C=O) groups is 1. The molecule has 1 aliphatic rings. The van der Waals surface area contributed by atoms with E-state index in [0.29, 0.717) is 5.56 Å². The van der Waals surface area contributed by atoms with Gasteiger partial charge in [0.1, 0.15) is 5.82 Å². The maximum Gasteiger partial charge on any atom is 0.422 e. The highest BCUT2D eigenvalue weighted by molar-refractivity contribution is 7.14. The molecule has 2 N–H and O–H groups in total. The number of para-hydroxylation sites is 2. The molecule has 154 valence electrons. The number of rotatable bonds is 6. The Bertz CT molecular complexity index is 1010. The molecule has 1 amide bonds. The van der Waals surface area contributed by atoms with Gasteiger partial charge in [-0.1, -0.05) is 12.1 Å². The maximum absolute atomic E-state index is 12.6. The Labute approximate surface area is 169 Å². The molecule has 2 heterocycles. The van der Waals surface area contributed by atoms with Crippen molar-refractivity contribution in [2.45, 2.75) is 38.4 Å². The molecular weight excluding hydrogens is 403 g/mol. The van der Waals surface area contributed by atoms with Gasteiger partial charge in [-0.25, -0.2) is 4.98 Å². The monoisotopic (exact) mass is 423 g/mol. The molecule has 1 aromatic carbocycles. The largest absolute Gasteiger partial charge is 0.474 e. The Balaban J connectivity index is 1.36. The SMILES string of the molecule is Cc1cc([C@@H](C)NC(=O)C2CC2c2nc3ccccc3[nH]2)sc1OCC(F)(F)F. The molecule has 9 heteroatoms. The van der Waals surface area contributed by atoms with Gasteiger partial charge < -0.3 is 15.0 Å². The number of hydrogen-bond donors (Lipinski definition) is 2. The van der Waals surface area contributed by atoms with E-state index in [1.165, 1.54) is 0 Å². The number of imidazole rings is 1. The van der Waals surface area contributed by atoms with Gasteiger partial charge in [0.25, 0.3) is 0 Å². The number of carbonyl (C=O) groups excluding carboxylic acids is 1. The molecule has 4 rings (SSSR count). The van der Waals surface area contributed by atoms with E-state index in [4.69, 9.17) is 4.74 Å². The number of aromatic amines is 1. The van der Waals surface area contributed by atoms with Gasteiger partial charge in [0.2, 0.25) is 5.91 Å². The number of H-pyrrole nitrogens is 1. The number of fused-ring (bicyclic) bond motifs is 1. The third-order valence-corrected chi connectivity index (χ3v) is 6.26. The lowest BCUT2D eigenvalue weighted by Crippen LogP contribution is -2.28. The number of halogens is 3.